The minimum absolute atomic E-state index is 0.103. The lowest BCUT2D eigenvalue weighted by atomic mass is 10.1. The fraction of sp³-hybridized carbons (Fsp3) is 0.250. The van der Waals surface area contributed by atoms with Crippen LogP contribution in [0.2, 0.25) is 10.0 Å². The largest absolute Gasteiger partial charge is 0.302 e. The standard InChI is InChI=1S/C20H18Cl2N6OS/c1-11-16(12(2)28-19(26-11)24-10-25-28)4-6-18(29)27-20-23-9-15(30-20)8-13-7-14(21)3-5-17(13)22/h3,5,7,9-10H,4,6,8H2,1-2H3,(H,23,27,29). The number of benzene rings is 1. The highest BCUT2D eigenvalue weighted by Gasteiger charge is 2.14. The van der Waals surface area contributed by atoms with Gasteiger partial charge >= 0.3 is 0 Å². The maximum absolute atomic E-state index is 12.5. The van der Waals surface area contributed by atoms with Gasteiger partial charge in [-0.2, -0.15) is 10.1 Å². The Labute approximate surface area is 187 Å². The van der Waals surface area contributed by atoms with Gasteiger partial charge < -0.3 is 5.32 Å². The quantitative estimate of drug-likeness (QED) is 0.451. The maximum Gasteiger partial charge on any atom is 0.252 e. The summed E-state index contributed by atoms with van der Waals surface area (Å²) in [7, 11) is 0. The van der Waals surface area contributed by atoms with Gasteiger partial charge in [-0.3, -0.25) is 4.79 Å². The summed E-state index contributed by atoms with van der Waals surface area (Å²) in [6.07, 6.45) is 4.70. The number of nitrogens with zero attached hydrogens (tertiary/aromatic N) is 5. The Balaban J connectivity index is 1.39. The van der Waals surface area contributed by atoms with Crippen LogP contribution in [0.3, 0.4) is 0 Å². The molecule has 1 aromatic carbocycles. The third-order valence-corrected chi connectivity index (χ3v) is 6.28. The number of rotatable bonds is 6. The molecule has 0 saturated carbocycles. The second kappa shape index (κ2) is 8.67. The summed E-state index contributed by atoms with van der Waals surface area (Å²) in [6, 6.07) is 5.37. The lowest BCUT2D eigenvalue weighted by molar-refractivity contribution is -0.116. The number of halogens is 2. The Morgan fingerprint density at radius 3 is 2.90 bits per heavy atom. The van der Waals surface area contributed by atoms with Gasteiger partial charge in [0.15, 0.2) is 5.13 Å². The van der Waals surface area contributed by atoms with E-state index in [9.17, 15) is 4.79 Å². The SMILES string of the molecule is Cc1nc2ncnn2c(C)c1CCC(=O)Nc1ncc(Cc2cc(Cl)ccc2Cl)s1. The van der Waals surface area contributed by atoms with Crippen LogP contribution in [0.1, 0.15) is 33.8 Å². The molecule has 0 radical (unpaired) electrons. The molecule has 7 nitrogen and oxygen atoms in total. The normalized spacial score (nSPS) is 11.2. The molecule has 0 aliphatic heterocycles. The molecule has 1 amide bonds. The van der Waals surface area contributed by atoms with E-state index in [1.807, 2.05) is 19.9 Å². The van der Waals surface area contributed by atoms with E-state index in [4.69, 9.17) is 23.2 Å². The average molecular weight is 461 g/mol. The van der Waals surface area contributed by atoms with E-state index >= 15 is 0 Å². The molecule has 4 rings (SSSR count). The zero-order chi connectivity index (χ0) is 21.3. The zero-order valence-corrected chi connectivity index (χ0v) is 18.6. The van der Waals surface area contributed by atoms with Crippen molar-refractivity contribution in [1.29, 1.82) is 0 Å². The van der Waals surface area contributed by atoms with Crippen molar-refractivity contribution >= 4 is 51.4 Å². The number of aryl methyl sites for hydroxylation is 2. The van der Waals surface area contributed by atoms with E-state index in [2.05, 4.69) is 25.4 Å². The lowest BCUT2D eigenvalue weighted by Gasteiger charge is -2.10. The van der Waals surface area contributed by atoms with Crippen molar-refractivity contribution in [2.24, 2.45) is 0 Å². The van der Waals surface area contributed by atoms with Gasteiger partial charge in [0.1, 0.15) is 6.33 Å². The van der Waals surface area contributed by atoms with Crippen molar-refractivity contribution in [3.8, 4) is 0 Å². The van der Waals surface area contributed by atoms with E-state index in [0.717, 1.165) is 27.4 Å². The first-order valence-electron chi connectivity index (χ1n) is 9.25. The lowest BCUT2D eigenvalue weighted by Crippen LogP contribution is -2.14. The number of nitrogens with one attached hydrogen (secondary N) is 1. The number of hydrogen-bond acceptors (Lipinski definition) is 6. The first kappa shape index (κ1) is 20.7. The number of aromatic nitrogens is 5. The predicted octanol–water partition coefficient (Wildman–Crippen LogP) is 4.67. The molecule has 1 N–H and O–H groups in total. The number of amides is 1. The Bertz CT molecular complexity index is 1240. The third kappa shape index (κ3) is 4.45. The van der Waals surface area contributed by atoms with E-state index in [1.165, 1.54) is 17.7 Å². The van der Waals surface area contributed by atoms with Gasteiger partial charge in [-0.15, -0.1) is 11.3 Å². The highest BCUT2D eigenvalue weighted by molar-refractivity contribution is 7.15. The zero-order valence-electron chi connectivity index (χ0n) is 16.3. The summed E-state index contributed by atoms with van der Waals surface area (Å²) in [5.74, 6) is 0.461. The maximum atomic E-state index is 12.5. The van der Waals surface area contributed by atoms with Crippen LogP contribution >= 0.6 is 34.5 Å². The van der Waals surface area contributed by atoms with Crippen molar-refractivity contribution in [3.05, 3.63) is 68.2 Å². The Morgan fingerprint density at radius 2 is 2.07 bits per heavy atom. The second-order valence-corrected chi connectivity index (χ2v) is 8.78. The molecule has 0 saturated heterocycles. The Morgan fingerprint density at radius 1 is 1.23 bits per heavy atom. The van der Waals surface area contributed by atoms with Crippen LogP contribution in [0.25, 0.3) is 5.78 Å². The Hall–Kier alpha value is -2.55. The van der Waals surface area contributed by atoms with E-state index < -0.39 is 0 Å². The summed E-state index contributed by atoms with van der Waals surface area (Å²) in [5, 5.41) is 8.90. The van der Waals surface area contributed by atoms with E-state index in [1.54, 1.807) is 22.8 Å². The molecule has 10 heteroatoms. The third-order valence-electron chi connectivity index (χ3n) is 4.76. The van der Waals surface area contributed by atoms with Crippen molar-refractivity contribution in [2.75, 3.05) is 5.32 Å². The average Bonchev–Trinajstić information content (AvgIpc) is 3.34. The molecule has 0 unspecified atom stereocenters. The smallest absolute Gasteiger partial charge is 0.252 e. The highest BCUT2D eigenvalue weighted by atomic mass is 35.5. The van der Waals surface area contributed by atoms with Crippen molar-refractivity contribution in [3.63, 3.8) is 0 Å². The van der Waals surface area contributed by atoms with Crippen LogP contribution in [0.15, 0.2) is 30.7 Å². The molecule has 154 valence electrons. The number of thiazole rings is 1. The van der Waals surface area contributed by atoms with Gasteiger partial charge in [-0.1, -0.05) is 23.2 Å². The van der Waals surface area contributed by atoms with Crippen LogP contribution in [0.4, 0.5) is 5.13 Å². The summed E-state index contributed by atoms with van der Waals surface area (Å²) in [4.78, 5) is 26.3. The molecule has 0 fully saturated rings. The van der Waals surface area contributed by atoms with Gasteiger partial charge in [0.25, 0.3) is 5.78 Å². The molecule has 30 heavy (non-hydrogen) atoms. The molecule has 0 aliphatic carbocycles. The molecule has 0 spiro atoms. The van der Waals surface area contributed by atoms with Gasteiger partial charge in [0.2, 0.25) is 5.91 Å². The summed E-state index contributed by atoms with van der Waals surface area (Å²) in [6.45, 7) is 3.88. The van der Waals surface area contributed by atoms with Crippen LogP contribution in [-0.2, 0) is 17.6 Å². The number of hydrogen-bond donors (Lipinski definition) is 1. The summed E-state index contributed by atoms with van der Waals surface area (Å²) < 4.78 is 1.69. The summed E-state index contributed by atoms with van der Waals surface area (Å²) >= 11 is 13.7. The van der Waals surface area contributed by atoms with E-state index in [-0.39, 0.29) is 5.91 Å². The number of carbonyl (C=O) groups is 1. The van der Waals surface area contributed by atoms with Crippen molar-refractivity contribution in [1.82, 2.24) is 24.6 Å². The molecule has 3 heterocycles. The van der Waals surface area contributed by atoms with Crippen molar-refractivity contribution < 1.29 is 4.79 Å². The van der Waals surface area contributed by atoms with Crippen LogP contribution in [0, 0.1) is 13.8 Å². The molecule has 3 aromatic heterocycles. The summed E-state index contributed by atoms with van der Waals surface area (Å²) in [5.41, 5.74) is 3.72. The minimum Gasteiger partial charge on any atom is -0.302 e. The van der Waals surface area contributed by atoms with Gasteiger partial charge in [-0.25, -0.2) is 14.5 Å². The minimum atomic E-state index is -0.103. The first-order chi connectivity index (χ1) is 14.4. The van der Waals surface area contributed by atoms with Crippen LogP contribution < -0.4 is 5.32 Å². The molecule has 0 bridgehead atoms. The number of anilines is 1. The van der Waals surface area contributed by atoms with Crippen molar-refractivity contribution in [2.45, 2.75) is 33.1 Å². The number of fused-ring (bicyclic) bond motifs is 1. The second-order valence-electron chi connectivity index (χ2n) is 6.83. The van der Waals surface area contributed by atoms with E-state index in [0.29, 0.717) is 40.2 Å². The molecule has 4 aromatic rings. The number of carbonyl (C=O) groups excluding carboxylic acids is 1. The molecular weight excluding hydrogens is 443 g/mol. The van der Waals surface area contributed by atoms with Gasteiger partial charge in [0.05, 0.1) is 0 Å². The van der Waals surface area contributed by atoms with Gasteiger partial charge in [-0.05, 0) is 49.6 Å². The molecule has 0 aliphatic rings. The highest BCUT2D eigenvalue weighted by Crippen LogP contribution is 2.27. The monoisotopic (exact) mass is 460 g/mol. The first-order valence-corrected chi connectivity index (χ1v) is 10.8. The predicted molar refractivity (Wildman–Crippen MR) is 119 cm³/mol. The topological polar surface area (TPSA) is 85.1 Å². The molecule has 0 atom stereocenters. The van der Waals surface area contributed by atoms with Crippen LogP contribution in [0.5, 0.6) is 0 Å². The Kier molecular flexibility index (Phi) is 5.99. The molecular formula is C20H18Cl2N6OS. The van der Waals surface area contributed by atoms with Crippen LogP contribution in [-0.4, -0.2) is 30.5 Å². The fourth-order valence-corrected chi connectivity index (χ4v) is 4.48. The van der Waals surface area contributed by atoms with Gasteiger partial charge in [0, 0.05) is 45.3 Å². The fourth-order valence-electron chi connectivity index (χ4n) is 3.25.